The van der Waals surface area contributed by atoms with Crippen LogP contribution in [0.4, 0.5) is 4.79 Å². The van der Waals surface area contributed by atoms with Crippen molar-refractivity contribution in [3.8, 4) is 0 Å². The third kappa shape index (κ3) is 4.53. The summed E-state index contributed by atoms with van der Waals surface area (Å²) in [5, 5.41) is 0. The maximum atomic E-state index is 13.2. The van der Waals surface area contributed by atoms with Gasteiger partial charge in [-0.15, -0.1) is 0 Å². The van der Waals surface area contributed by atoms with E-state index in [1.165, 1.54) is 5.56 Å². The van der Waals surface area contributed by atoms with Crippen LogP contribution in [0.3, 0.4) is 0 Å². The van der Waals surface area contributed by atoms with Crippen LogP contribution in [-0.2, 0) is 4.74 Å². The number of ketones is 1. The average molecular weight is 372 g/mol. The van der Waals surface area contributed by atoms with Crippen molar-refractivity contribution in [2.45, 2.75) is 90.3 Å². The second kappa shape index (κ2) is 7.65. The number of fused-ring (bicyclic) bond motifs is 2. The first-order valence-corrected chi connectivity index (χ1v) is 10.3. The number of nitrogens with zero attached hydrogens (tertiary/aromatic N) is 1. The number of carbonyl (C=O) groups is 2. The standard InChI is InChI=1S/C23H33NO3/c1-15(2)16-8-6-9-17(12-16)21(25)18-13-19-10-7-11-20(14-18)24(19)22(26)27-23(3,4)5/h6,8-9,12,15,18-20H,7,10-11,13-14H2,1-5H3. The molecule has 2 fully saturated rings. The van der Waals surface area contributed by atoms with Crippen molar-refractivity contribution in [2.75, 3.05) is 0 Å². The first kappa shape index (κ1) is 19.9. The van der Waals surface area contributed by atoms with Gasteiger partial charge in [-0.25, -0.2) is 4.79 Å². The fourth-order valence-corrected chi connectivity index (χ4v) is 4.49. The number of ether oxygens (including phenoxy) is 1. The summed E-state index contributed by atoms with van der Waals surface area (Å²) in [5.41, 5.74) is 1.53. The lowest BCUT2D eigenvalue weighted by Crippen LogP contribution is -2.56. The molecule has 2 heterocycles. The average Bonchev–Trinajstić information content (AvgIpc) is 2.58. The van der Waals surface area contributed by atoms with Crippen molar-refractivity contribution in [3.05, 3.63) is 35.4 Å². The highest BCUT2D eigenvalue weighted by molar-refractivity contribution is 5.98. The van der Waals surface area contributed by atoms with Crippen molar-refractivity contribution in [3.63, 3.8) is 0 Å². The summed E-state index contributed by atoms with van der Waals surface area (Å²) in [4.78, 5) is 27.8. The Morgan fingerprint density at radius 1 is 1.11 bits per heavy atom. The fourth-order valence-electron chi connectivity index (χ4n) is 4.49. The Morgan fingerprint density at radius 3 is 2.30 bits per heavy atom. The van der Waals surface area contributed by atoms with E-state index < -0.39 is 5.60 Å². The van der Waals surface area contributed by atoms with E-state index in [0.29, 0.717) is 5.92 Å². The quantitative estimate of drug-likeness (QED) is 0.653. The minimum atomic E-state index is -0.491. The summed E-state index contributed by atoms with van der Waals surface area (Å²) >= 11 is 0. The van der Waals surface area contributed by atoms with Crippen LogP contribution >= 0.6 is 0 Å². The Labute approximate surface area is 163 Å². The third-order valence-electron chi connectivity index (χ3n) is 5.79. The largest absolute Gasteiger partial charge is 0.444 e. The summed E-state index contributed by atoms with van der Waals surface area (Å²) in [7, 11) is 0. The maximum absolute atomic E-state index is 13.2. The monoisotopic (exact) mass is 371 g/mol. The summed E-state index contributed by atoms with van der Waals surface area (Å²) in [6.07, 6.45) is 4.33. The summed E-state index contributed by atoms with van der Waals surface area (Å²) in [5.74, 6) is 0.644. The molecule has 3 rings (SSSR count). The molecule has 27 heavy (non-hydrogen) atoms. The number of hydrogen-bond acceptors (Lipinski definition) is 3. The summed E-state index contributed by atoms with van der Waals surface area (Å²) in [6, 6.07) is 8.29. The molecule has 2 aliphatic rings. The van der Waals surface area contributed by atoms with Crippen molar-refractivity contribution in [1.82, 2.24) is 4.90 Å². The molecule has 0 spiro atoms. The van der Waals surface area contributed by atoms with Gasteiger partial charge in [0.2, 0.25) is 0 Å². The second-order valence-electron chi connectivity index (χ2n) is 9.44. The molecule has 2 saturated heterocycles. The van der Waals surface area contributed by atoms with E-state index in [2.05, 4.69) is 19.9 Å². The molecule has 2 atom stereocenters. The van der Waals surface area contributed by atoms with E-state index in [0.717, 1.165) is 37.7 Å². The SMILES string of the molecule is CC(C)c1cccc(C(=O)C2CC3CCCC(C2)N3C(=O)OC(C)(C)C)c1. The first-order chi connectivity index (χ1) is 12.7. The lowest BCUT2D eigenvalue weighted by atomic mass is 9.75. The van der Waals surface area contributed by atoms with Crippen LogP contribution in [0.25, 0.3) is 0 Å². The Kier molecular flexibility index (Phi) is 5.64. The minimum absolute atomic E-state index is 0.00130. The molecule has 1 aromatic carbocycles. The van der Waals surface area contributed by atoms with Gasteiger partial charge in [0.15, 0.2) is 5.78 Å². The van der Waals surface area contributed by atoms with Crippen LogP contribution in [0, 0.1) is 5.92 Å². The zero-order valence-corrected chi connectivity index (χ0v) is 17.3. The number of benzene rings is 1. The van der Waals surface area contributed by atoms with E-state index in [1.807, 2.05) is 43.9 Å². The van der Waals surface area contributed by atoms with Crippen LogP contribution in [0.5, 0.6) is 0 Å². The van der Waals surface area contributed by atoms with Gasteiger partial charge in [-0.05, 0) is 70.4 Å². The van der Waals surface area contributed by atoms with Crippen molar-refractivity contribution in [2.24, 2.45) is 5.92 Å². The molecule has 148 valence electrons. The Hall–Kier alpha value is -1.84. The fraction of sp³-hybridized carbons (Fsp3) is 0.652. The van der Waals surface area contributed by atoms with E-state index in [-0.39, 0.29) is 29.9 Å². The van der Waals surface area contributed by atoms with E-state index in [1.54, 1.807) is 0 Å². The maximum Gasteiger partial charge on any atom is 0.410 e. The van der Waals surface area contributed by atoms with Gasteiger partial charge in [0.05, 0.1) is 0 Å². The van der Waals surface area contributed by atoms with Gasteiger partial charge in [0.25, 0.3) is 0 Å². The van der Waals surface area contributed by atoms with Gasteiger partial charge in [-0.1, -0.05) is 32.0 Å². The van der Waals surface area contributed by atoms with Crippen LogP contribution in [0.15, 0.2) is 24.3 Å². The summed E-state index contributed by atoms with van der Waals surface area (Å²) in [6.45, 7) is 10.00. The van der Waals surface area contributed by atoms with Crippen LogP contribution in [0.2, 0.25) is 0 Å². The van der Waals surface area contributed by atoms with E-state index in [4.69, 9.17) is 4.74 Å². The molecular formula is C23H33NO3. The Morgan fingerprint density at radius 2 is 1.74 bits per heavy atom. The number of Topliss-reactive ketones (excluding diaryl/α,β-unsaturated/α-hetero) is 1. The van der Waals surface area contributed by atoms with Gasteiger partial charge >= 0.3 is 6.09 Å². The molecule has 0 aromatic heterocycles. The molecular weight excluding hydrogens is 338 g/mol. The van der Waals surface area contributed by atoms with Crippen molar-refractivity contribution < 1.29 is 14.3 Å². The predicted molar refractivity (Wildman–Crippen MR) is 107 cm³/mol. The molecule has 2 aliphatic heterocycles. The Balaban J connectivity index is 1.75. The van der Waals surface area contributed by atoms with Gasteiger partial charge in [0.1, 0.15) is 5.60 Å². The second-order valence-corrected chi connectivity index (χ2v) is 9.44. The van der Waals surface area contributed by atoms with Crippen molar-refractivity contribution >= 4 is 11.9 Å². The molecule has 4 heteroatoms. The highest BCUT2D eigenvalue weighted by Crippen LogP contribution is 2.39. The van der Waals surface area contributed by atoms with Gasteiger partial charge in [-0.3, -0.25) is 4.79 Å². The normalized spacial score (nSPS) is 25.4. The van der Waals surface area contributed by atoms with Gasteiger partial charge in [-0.2, -0.15) is 0 Å². The molecule has 0 radical (unpaired) electrons. The first-order valence-electron chi connectivity index (χ1n) is 10.3. The van der Waals surface area contributed by atoms with Crippen LogP contribution in [-0.4, -0.2) is 34.5 Å². The van der Waals surface area contributed by atoms with Crippen LogP contribution in [0.1, 0.15) is 88.6 Å². The number of amides is 1. The zero-order chi connectivity index (χ0) is 19.8. The predicted octanol–water partition coefficient (Wildman–Crippen LogP) is 5.56. The molecule has 1 aromatic rings. The highest BCUT2D eigenvalue weighted by atomic mass is 16.6. The van der Waals surface area contributed by atoms with Gasteiger partial charge in [0, 0.05) is 23.6 Å². The zero-order valence-electron chi connectivity index (χ0n) is 17.3. The van der Waals surface area contributed by atoms with Crippen molar-refractivity contribution in [1.29, 1.82) is 0 Å². The molecule has 0 aliphatic carbocycles. The Bertz CT molecular complexity index is 690. The molecule has 0 saturated carbocycles. The van der Waals surface area contributed by atoms with Crippen LogP contribution < -0.4 is 0 Å². The smallest absolute Gasteiger partial charge is 0.410 e. The number of hydrogen-bond donors (Lipinski definition) is 0. The summed E-state index contributed by atoms with van der Waals surface area (Å²) < 4.78 is 5.64. The molecule has 4 nitrogen and oxygen atoms in total. The van der Waals surface area contributed by atoms with E-state index in [9.17, 15) is 9.59 Å². The number of rotatable bonds is 3. The molecule has 2 unspecified atom stereocenters. The molecule has 0 N–H and O–H groups in total. The highest BCUT2D eigenvalue weighted by Gasteiger charge is 2.44. The topological polar surface area (TPSA) is 46.6 Å². The van der Waals surface area contributed by atoms with E-state index >= 15 is 0 Å². The van der Waals surface area contributed by atoms with Gasteiger partial charge < -0.3 is 9.64 Å². The molecule has 2 bridgehead atoms. The third-order valence-corrected chi connectivity index (χ3v) is 5.79. The number of carbonyl (C=O) groups excluding carboxylic acids is 2. The molecule has 1 amide bonds. The minimum Gasteiger partial charge on any atom is -0.444 e. The lowest BCUT2D eigenvalue weighted by Gasteiger charge is -2.48. The lowest BCUT2D eigenvalue weighted by molar-refractivity contribution is -0.0260. The number of piperidine rings is 2.